The van der Waals surface area contributed by atoms with Gasteiger partial charge in [0, 0.05) is 23.8 Å². The molecule has 0 aromatic rings. The lowest BCUT2D eigenvalue weighted by molar-refractivity contribution is -0.142. The largest absolute Gasteiger partial charge is 0.467 e. The van der Waals surface area contributed by atoms with Crippen LogP contribution in [0.3, 0.4) is 0 Å². The summed E-state index contributed by atoms with van der Waals surface area (Å²) in [6, 6.07) is -0.857. The fourth-order valence-electron chi connectivity index (χ4n) is 2.61. The number of ether oxygens (including phenoxy) is 2. The van der Waals surface area contributed by atoms with Gasteiger partial charge in [0.15, 0.2) is 8.32 Å². The lowest BCUT2D eigenvalue weighted by Gasteiger charge is -2.39. The molecule has 3 atom stereocenters. The van der Waals surface area contributed by atoms with Crippen LogP contribution < -0.4 is 5.32 Å². The third-order valence-electron chi connectivity index (χ3n) is 5.18. The molecule has 0 aromatic heterocycles. The highest BCUT2D eigenvalue weighted by molar-refractivity contribution is 8.00. The van der Waals surface area contributed by atoms with E-state index in [1.54, 1.807) is 20.8 Å². The Bertz CT molecular complexity index is 611. The van der Waals surface area contributed by atoms with Crippen molar-refractivity contribution in [3.8, 4) is 0 Å². The van der Waals surface area contributed by atoms with Gasteiger partial charge in [-0.3, -0.25) is 4.79 Å². The van der Waals surface area contributed by atoms with Crippen molar-refractivity contribution in [2.45, 2.75) is 95.5 Å². The Morgan fingerprint density at radius 2 is 1.76 bits per heavy atom. The van der Waals surface area contributed by atoms with Gasteiger partial charge >= 0.3 is 12.1 Å². The van der Waals surface area contributed by atoms with Crippen LogP contribution in [-0.4, -0.2) is 62.0 Å². The zero-order chi connectivity index (χ0) is 22.6. The number of thioether (sulfide) groups is 1. The van der Waals surface area contributed by atoms with E-state index in [2.05, 4.69) is 39.2 Å². The molecule has 0 bridgehead atoms. The van der Waals surface area contributed by atoms with Gasteiger partial charge in [-0.15, -0.1) is 0 Å². The number of alkyl carbamates (subject to hydrolysis) is 1. The second-order valence-corrected chi connectivity index (χ2v) is 16.0. The summed E-state index contributed by atoms with van der Waals surface area (Å²) < 4.78 is 16.5. The van der Waals surface area contributed by atoms with E-state index in [0.717, 1.165) is 0 Å². The molecule has 1 amide bonds. The lowest BCUT2D eigenvalue weighted by Crippen LogP contribution is -2.47. The summed E-state index contributed by atoms with van der Waals surface area (Å²) in [5, 5.41) is 2.56. The normalized spacial score (nSPS) is 21.6. The molecule has 1 N–H and O–H groups in total. The molecule has 1 aliphatic carbocycles. The van der Waals surface area contributed by atoms with E-state index >= 15 is 0 Å². The van der Waals surface area contributed by atoms with Gasteiger partial charge in [-0.05, 0) is 38.9 Å². The summed E-state index contributed by atoms with van der Waals surface area (Å²) in [6.45, 7) is 16.1. The summed E-state index contributed by atoms with van der Waals surface area (Å²) in [4.78, 5) is 36.3. The Hall–Kier alpha value is -1.06. The molecule has 0 spiro atoms. The number of ketones is 1. The molecular formula is C20H37NO6SSi. The molecule has 1 rings (SSSR count). The molecule has 1 fully saturated rings. The predicted octanol–water partition coefficient (Wildman–Crippen LogP) is 3.91. The van der Waals surface area contributed by atoms with E-state index in [9.17, 15) is 14.4 Å². The van der Waals surface area contributed by atoms with Crippen LogP contribution in [0.25, 0.3) is 0 Å². The number of nitrogens with one attached hydrogen (secondary N) is 1. The monoisotopic (exact) mass is 447 g/mol. The van der Waals surface area contributed by atoms with Crippen LogP contribution >= 0.6 is 11.8 Å². The van der Waals surface area contributed by atoms with Crippen LogP contribution in [0.5, 0.6) is 0 Å². The highest BCUT2D eigenvalue weighted by Crippen LogP contribution is 2.41. The van der Waals surface area contributed by atoms with E-state index in [0.29, 0.717) is 12.8 Å². The van der Waals surface area contributed by atoms with Crippen molar-refractivity contribution in [1.29, 1.82) is 0 Å². The highest BCUT2D eigenvalue weighted by Gasteiger charge is 2.44. The molecule has 1 unspecified atom stereocenters. The lowest BCUT2D eigenvalue weighted by atomic mass is 10.2. The Balaban J connectivity index is 2.79. The number of Topliss-reactive ketones (excluding diaryl/α,β-unsaturated/α-hetero) is 1. The number of hydrogen-bond donors (Lipinski definition) is 1. The van der Waals surface area contributed by atoms with Crippen LogP contribution in [0.1, 0.15) is 54.4 Å². The molecule has 29 heavy (non-hydrogen) atoms. The van der Waals surface area contributed by atoms with Crippen LogP contribution in [0.2, 0.25) is 18.1 Å². The van der Waals surface area contributed by atoms with Crippen molar-refractivity contribution in [3.63, 3.8) is 0 Å². The van der Waals surface area contributed by atoms with Crippen molar-refractivity contribution in [1.82, 2.24) is 5.32 Å². The number of carbonyl (C=O) groups is 3. The van der Waals surface area contributed by atoms with Crippen molar-refractivity contribution < 1.29 is 28.3 Å². The van der Waals surface area contributed by atoms with Crippen molar-refractivity contribution in [3.05, 3.63) is 0 Å². The molecule has 9 heteroatoms. The summed E-state index contributed by atoms with van der Waals surface area (Å²) in [5.41, 5.74) is -0.669. The Morgan fingerprint density at radius 3 is 2.24 bits per heavy atom. The molecule has 0 radical (unpaired) electrons. The predicted molar refractivity (Wildman–Crippen MR) is 118 cm³/mol. The molecule has 0 saturated heterocycles. The van der Waals surface area contributed by atoms with E-state index < -0.39 is 32.0 Å². The second-order valence-electron chi connectivity index (χ2n) is 9.96. The third kappa shape index (κ3) is 8.30. The first kappa shape index (κ1) is 26.0. The standard InChI is InChI=1S/C20H37NO6SSi/c1-19(2,3)26-18(24)21-14(17(23)25-7)12-28-16-11-13(22)10-15(16)27-29(8,9)20(4,5)6/h14-16H,10-12H2,1-9H3,(H,21,24)/t14-,15?,16-/m0/s1. The Morgan fingerprint density at radius 1 is 1.17 bits per heavy atom. The van der Waals surface area contributed by atoms with Gasteiger partial charge < -0.3 is 19.2 Å². The second kappa shape index (κ2) is 9.83. The van der Waals surface area contributed by atoms with Gasteiger partial charge in [0.25, 0.3) is 0 Å². The van der Waals surface area contributed by atoms with Crippen molar-refractivity contribution in [2.24, 2.45) is 0 Å². The first-order valence-corrected chi connectivity index (χ1v) is 13.9. The summed E-state index contributed by atoms with van der Waals surface area (Å²) >= 11 is 1.46. The zero-order valence-corrected chi connectivity index (χ0v) is 21.0. The van der Waals surface area contributed by atoms with E-state index in [4.69, 9.17) is 13.9 Å². The maximum Gasteiger partial charge on any atom is 0.408 e. The Labute approximate surface area is 180 Å². The number of methoxy groups -OCH3 is 1. The van der Waals surface area contributed by atoms with Gasteiger partial charge in [0.05, 0.1) is 13.2 Å². The number of hydrogen-bond acceptors (Lipinski definition) is 7. The topological polar surface area (TPSA) is 90.9 Å². The molecule has 7 nitrogen and oxygen atoms in total. The number of carbonyl (C=O) groups excluding carboxylic acids is 3. The van der Waals surface area contributed by atoms with Gasteiger partial charge in [-0.2, -0.15) is 11.8 Å². The van der Waals surface area contributed by atoms with Gasteiger partial charge in [0.1, 0.15) is 17.4 Å². The third-order valence-corrected chi connectivity index (χ3v) is 11.1. The van der Waals surface area contributed by atoms with Crippen LogP contribution in [-0.2, 0) is 23.5 Å². The van der Waals surface area contributed by atoms with E-state index in [1.165, 1.54) is 18.9 Å². The summed E-state index contributed by atoms with van der Waals surface area (Å²) in [6.07, 6.45) is -0.0464. The van der Waals surface area contributed by atoms with Gasteiger partial charge in [0.2, 0.25) is 0 Å². The van der Waals surface area contributed by atoms with Crippen molar-refractivity contribution >= 4 is 37.9 Å². The molecular weight excluding hydrogens is 410 g/mol. The van der Waals surface area contributed by atoms with Crippen LogP contribution in [0.15, 0.2) is 0 Å². The number of esters is 1. The summed E-state index contributed by atoms with van der Waals surface area (Å²) in [5.74, 6) is -0.100. The molecule has 0 heterocycles. The van der Waals surface area contributed by atoms with E-state index in [-0.39, 0.29) is 27.9 Å². The molecule has 168 valence electrons. The molecule has 1 saturated carbocycles. The Kier molecular flexibility index (Phi) is 8.80. The quantitative estimate of drug-likeness (QED) is 0.467. The van der Waals surface area contributed by atoms with Gasteiger partial charge in [-0.25, -0.2) is 9.59 Å². The first-order valence-electron chi connectivity index (χ1n) is 9.94. The highest BCUT2D eigenvalue weighted by atomic mass is 32.2. The molecule has 0 aromatic carbocycles. The minimum Gasteiger partial charge on any atom is -0.467 e. The average molecular weight is 448 g/mol. The number of amides is 1. The SMILES string of the molecule is COC(=O)[C@H](CS[C@H]1CC(=O)CC1O[Si](C)(C)C(C)(C)C)NC(=O)OC(C)(C)C. The zero-order valence-electron chi connectivity index (χ0n) is 19.2. The minimum absolute atomic E-state index is 0.0423. The fourth-order valence-corrected chi connectivity index (χ4v) is 5.40. The maximum atomic E-state index is 12.1. The first-order chi connectivity index (χ1) is 13.1. The maximum absolute atomic E-state index is 12.1. The molecule has 0 aliphatic heterocycles. The number of rotatable bonds is 7. The van der Waals surface area contributed by atoms with Gasteiger partial charge in [-0.1, -0.05) is 20.8 Å². The van der Waals surface area contributed by atoms with Crippen molar-refractivity contribution in [2.75, 3.05) is 12.9 Å². The molecule has 1 aliphatic rings. The fraction of sp³-hybridized carbons (Fsp3) is 0.850. The van der Waals surface area contributed by atoms with E-state index in [1.807, 2.05) is 0 Å². The summed E-state index contributed by atoms with van der Waals surface area (Å²) in [7, 11) is -0.749. The minimum atomic E-state index is -2.03. The smallest absolute Gasteiger partial charge is 0.408 e. The van der Waals surface area contributed by atoms with Crippen LogP contribution in [0, 0.1) is 0 Å². The average Bonchev–Trinajstić information content (AvgIpc) is 2.86. The van der Waals surface area contributed by atoms with Crippen LogP contribution in [0.4, 0.5) is 4.79 Å².